The van der Waals surface area contributed by atoms with Gasteiger partial charge in [-0.3, -0.25) is 0 Å². The van der Waals surface area contributed by atoms with Crippen LogP contribution in [-0.2, 0) is 0 Å². The van der Waals surface area contributed by atoms with Crippen LogP contribution in [0.15, 0.2) is 0 Å². The molecule has 0 spiro atoms. The van der Waals surface area contributed by atoms with Gasteiger partial charge in [0, 0.05) is 0 Å². The third-order valence-electron chi connectivity index (χ3n) is 3.37. The summed E-state index contributed by atoms with van der Waals surface area (Å²) in [5.74, 6) is 1.90. The molecule has 0 bridgehead atoms. The largest absolute Gasteiger partial charge is 0.0625 e. The summed E-state index contributed by atoms with van der Waals surface area (Å²) in [5, 5.41) is 0. The van der Waals surface area contributed by atoms with E-state index in [0.29, 0.717) is 5.41 Å². The highest BCUT2D eigenvalue weighted by Gasteiger charge is 2.31. The monoisotopic (exact) mass is 140 g/mol. The molecule has 0 saturated heterocycles. The van der Waals surface area contributed by atoms with Crippen LogP contribution >= 0.6 is 0 Å². The van der Waals surface area contributed by atoms with E-state index in [4.69, 9.17) is 0 Å². The lowest BCUT2D eigenvalue weighted by Gasteiger charge is -2.39. The van der Waals surface area contributed by atoms with Gasteiger partial charge in [0.2, 0.25) is 0 Å². The van der Waals surface area contributed by atoms with Gasteiger partial charge in [0.25, 0.3) is 0 Å². The lowest BCUT2D eigenvalue weighted by atomic mass is 9.67. The predicted molar refractivity (Wildman–Crippen MR) is 46.0 cm³/mol. The Morgan fingerprint density at radius 1 is 1.20 bits per heavy atom. The standard InChI is InChI=1S/C10H20/c1-8-5-6-10(3,4)9(2)7-8/h8-9H,5-7H2,1-4H3/t8-,9+/m0/s1. The van der Waals surface area contributed by atoms with Crippen molar-refractivity contribution in [2.24, 2.45) is 17.3 Å². The highest BCUT2D eigenvalue weighted by atomic mass is 14.4. The molecule has 1 aliphatic carbocycles. The Labute approximate surface area is 65.0 Å². The van der Waals surface area contributed by atoms with E-state index in [1.165, 1.54) is 19.3 Å². The molecule has 60 valence electrons. The van der Waals surface area contributed by atoms with Gasteiger partial charge in [-0.05, 0) is 30.1 Å². The Morgan fingerprint density at radius 2 is 1.80 bits per heavy atom. The highest BCUT2D eigenvalue weighted by molar-refractivity contribution is 4.82. The first-order valence-corrected chi connectivity index (χ1v) is 4.52. The molecule has 1 aliphatic rings. The second kappa shape index (κ2) is 2.56. The van der Waals surface area contributed by atoms with Gasteiger partial charge in [-0.1, -0.05) is 34.1 Å². The fraction of sp³-hybridized carbons (Fsp3) is 1.00. The average molecular weight is 140 g/mol. The minimum atomic E-state index is 0.618. The quantitative estimate of drug-likeness (QED) is 0.483. The highest BCUT2D eigenvalue weighted by Crippen LogP contribution is 2.42. The minimum absolute atomic E-state index is 0.618. The van der Waals surface area contributed by atoms with Crippen molar-refractivity contribution in [1.82, 2.24) is 0 Å². The maximum absolute atomic E-state index is 2.41. The molecule has 1 rings (SSSR count). The van der Waals surface area contributed by atoms with Crippen LogP contribution in [0.2, 0.25) is 0 Å². The summed E-state index contributed by atoms with van der Waals surface area (Å²) >= 11 is 0. The van der Waals surface area contributed by atoms with Crippen molar-refractivity contribution in [3.8, 4) is 0 Å². The van der Waals surface area contributed by atoms with Crippen LogP contribution in [-0.4, -0.2) is 0 Å². The molecular formula is C10H20. The SMILES string of the molecule is C[C@H]1CCC(C)(C)[C@H](C)C1. The zero-order valence-corrected chi connectivity index (χ0v) is 7.78. The molecule has 0 radical (unpaired) electrons. The van der Waals surface area contributed by atoms with Crippen molar-refractivity contribution in [1.29, 1.82) is 0 Å². The summed E-state index contributed by atoms with van der Waals surface area (Å²) in [6.45, 7) is 9.59. The van der Waals surface area contributed by atoms with Gasteiger partial charge in [-0.25, -0.2) is 0 Å². The van der Waals surface area contributed by atoms with Crippen molar-refractivity contribution >= 4 is 0 Å². The third kappa shape index (κ3) is 1.53. The molecule has 0 amide bonds. The van der Waals surface area contributed by atoms with E-state index in [1.807, 2.05) is 0 Å². The van der Waals surface area contributed by atoms with Crippen LogP contribution in [0.3, 0.4) is 0 Å². The van der Waals surface area contributed by atoms with Gasteiger partial charge >= 0.3 is 0 Å². The predicted octanol–water partition coefficient (Wildman–Crippen LogP) is 3.47. The Hall–Kier alpha value is 0. The second-order valence-electron chi connectivity index (χ2n) is 4.77. The van der Waals surface area contributed by atoms with E-state index in [9.17, 15) is 0 Å². The van der Waals surface area contributed by atoms with E-state index in [2.05, 4.69) is 27.7 Å². The zero-order valence-electron chi connectivity index (χ0n) is 7.78. The molecule has 2 atom stereocenters. The number of hydrogen-bond acceptors (Lipinski definition) is 0. The summed E-state index contributed by atoms with van der Waals surface area (Å²) in [6.07, 6.45) is 4.31. The fourth-order valence-corrected chi connectivity index (χ4v) is 1.91. The van der Waals surface area contributed by atoms with E-state index < -0.39 is 0 Å². The van der Waals surface area contributed by atoms with Crippen LogP contribution < -0.4 is 0 Å². The van der Waals surface area contributed by atoms with Crippen LogP contribution in [0.4, 0.5) is 0 Å². The Balaban J connectivity index is 2.52. The number of rotatable bonds is 0. The van der Waals surface area contributed by atoms with Gasteiger partial charge in [0.15, 0.2) is 0 Å². The fourth-order valence-electron chi connectivity index (χ4n) is 1.91. The normalized spacial score (nSPS) is 39.6. The van der Waals surface area contributed by atoms with Crippen molar-refractivity contribution in [2.75, 3.05) is 0 Å². The molecule has 10 heavy (non-hydrogen) atoms. The van der Waals surface area contributed by atoms with E-state index in [0.717, 1.165) is 11.8 Å². The molecule has 0 aromatic heterocycles. The lowest BCUT2D eigenvalue weighted by Crippen LogP contribution is -2.28. The molecule has 0 unspecified atom stereocenters. The molecule has 0 nitrogen and oxygen atoms in total. The molecule has 0 N–H and O–H groups in total. The topological polar surface area (TPSA) is 0 Å². The first kappa shape index (κ1) is 8.10. The van der Waals surface area contributed by atoms with Gasteiger partial charge in [0.05, 0.1) is 0 Å². The smallest absolute Gasteiger partial charge is 0.0328 e. The first-order chi connectivity index (χ1) is 4.52. The first-order valence-electron chi connectivity index (χ1n) is 4.52. The van der Waals surface area contributed by atoms with Crippen LogP contribution in [0.25, 0.3) is 0 Å². The zero-order chi connectivity index (χ0) is 7.78. The average Bonchev–Trinajstić information content (AvgIpc) is 1.81. The molecule has 1 saturated carbocycles. The summed E-state index contributed by atoms with van der Waals surface area (Å²) in [4.78, 5) is 0. The Morgan fingerprint density at radius 3 is 2.20 bits per heavy atom. The molecule has 0 heterocycles. The van der Waals surface area contributed by atoms with E-state index in [-0.39, 0.29) is 0 Å². The van der Waals surface area contributed by atoms with Crippen molar-refractivity contribution in [3.63, 3.8) is 0 Å². The number of hydrogen-bond donors (Lipinski definition) is 0. The van der Waals surface area contributed by atoms with Gasteiger partial charge in [-0.15, -0.1) is 0 Å². The maximum Gasteiger partial charge on any atom is -0.0328 e. The second-order valence-corrected chi connectivity index (χ2v) is 4.77. The molecule has 0 aromatic rings. The van der Waals surface area contributed by atoms with Gasteiger partial charge in [-0.2, -0.15) is 0 Å². The van der Waals surface area contributed by atoms with Crippen LogP contribution in [0.5, 0.6) is 0 Å². The van der Waals surface area contributed by atoms with E-state index in [1.54, 1.807) is 0 Å². The van der Waals surface area contributed by atoms with Crippen LogP contribution in [0.1, 0.15) is 47.0 Å². The van der Waals surface area contributed by atoms with Gasteiger partial charge < -0.3 is 0 Å². The van der Waals surface area contributed by atoms with Crippen molar-refractivity contribution in [3.05, 3.63) is 0 Å². The molecule has 0 aromatic carbocycles. The van der Waals surface area contributed by atoms with Crippen molar-refractivity contribution < 1.29 is 0 Å². The Kier molecular flexibility index (Phi) is 2.07. The third-order valence-corrected chi connectivity index (χ3v) is 3.37. The summed E-state index contributed by atoms with van der Waals surface area (Å²) < 4.78 is 0. The summed E-state index contributed by atoms with van der Waals surface area (Å²) in [6, 6.07) is 0. The summed E-state index contributed by atoms with van der Waals surface area (Å²) in [7, 11) is 0. The van der Waals surface area contributed by atoms with E-state index >= 15 is 0 Å². The van der Waals surface area contributed by atoms with Crippen molar-refractivity contribution in [2.45, 2.75) is 47.0 Å². The molecular weight excluding hydrogens is 120 g/mol. The molecule has 0 heteroatoms. The molecule has 1 fully saturated rings. The van der Waals surface area contributed by atoms with Crippen LogP contribution in [0, 0.1) is 17.3 Å². The minimum Gasteiger partial charge on any atom is -0.0625 e. The summed E-state index contributed by atoms with van der Waals surface area (Å²) in [5.41, 5.74) is 0.618. The Bertz CT molecular complexity index is 113. The van der Waals surface area contributed by atoms with Gasteiger partial charge in [0.1, 0.15) is 0 Å². The molecule has 0 aliphatic heterocycles. The lowest BCUT2D eigenvalue weighted by molar-refractivity contribution is 0.119. The maximum atomic E-state index is 2.41.